The van der Waals surface area contributed by atoms with Gasteiger partial charge in [0.15, 0.2) is 5.13 Å². The van der Waals surface area contributed by atoms with E-state index >= 15 is 0 Å². The highest BCUT2D eigenvalue weighted by molar-refractivity contribution is 9.10. The molecule has 2 aromatic heterocycles. The van der Waals surface area contributed by atoms with Crippen LogP contribution in [0.2, 0.25) is 0 Å². The highest BCUT2D eigenvalue weighted by Gasteiger charge is 2.27. The zero-order valence-corrected chi connectivity index (χ0v) is 25.4. The molecule has 0 atom stereocenters. The van der Waals surface area contributed by atoms with Crippen molar-refractivity contribution in [1.82, 2.24) is 20.2 Å². The lowest BCUT2D eigenvalue weighted by molar-refractivity contribution is 0.0240. The third-order valence-corrected chi connectivity index (χ3v) is 7.73. The van der Waals surface area contributed by atoms with Gasteiger partial charge in [0, 0.05) is 54.2 Å². The van der Waals surface area contributed by atoms with Crippen molar-refractivity contribution in [3.05, 3.63) is 69.3 Å². The van der Waals surface area contributed by atoms with Crippen LogP contribution in [0.25, 0.3) is 0 Å². The fraction of sp³-hybridized carbons (Fsp3) is 0.429. The van der Waals surface area contributed by atoms with Crippen LogP contribution >= 0.6 is 27.3 Å². The molecule has 0 unspecified atom stereocenters. The number of thiazole rings is 1. The first-order valence-electron chi connectivity index (χ1n) is 12.9. The van der Waals surface area contributed by atoms with Crippen molar-refractivity contribution in [2.24, 2.45) is 0 Å². The molecular formula is C28H35BrN6O3S. The Morgan fingerprint density at radius 2 is 1.72 bits per heavy atom. The summed E-state index contributed by atoms with van der Waals surface area (Å²) in [6, 6.07) is 11.8. The van der Waals surface area contributed by atoms with Crippen LogP contribution < -0.4 is 15.5 Å². The number of hydrogen-bond acceptors (Lipinski definition) is 7. The van der Waals surface area contributed by atoms with Gasteiger partial charge < -0.3 is 19.9 Å². The normalized spacial score (nSPS) is 14.2. The lowest BCUT2D eigenvalue weighted by Gasteiger charge is -2.36. The van der Waals surface area contributed by atoms with Crippen molar-refractivity contribution >= 4 is 50.3 Å². The number of hydrogen-bond donors (Lipinski definition) is 2. The van der Waals surface area contributed by atoms with Gasteiger partial charge in [-0.15, -0.1) is 11.3 Å². The smallest absolute Gasteiger partial charge is 0.410 e. The van der Waals surface area contributed by atoms with Gasteiger partial charge in [-0.3, -0.25) is 5.32 Å². The van der Waals surface area contributed by atoms with E-state index in [2.05, 4.69) is 67.4 Å². The predicted molar refractivity (Wildman–Crippen MR) is 158 cm³/mol. The number of rotatable bonds is 6. The van der Waals surface area contributed by atoms with Crippen molar-refractivity contribution < 1.29 is 14.3 Å². The van der Waals surface area contributed by atoms with Crippen molar-refractivity contribution in [1.29, 1.82) is 0 Å². The maximum atomic E-state index is 12.5. The Bertz CT molecular complexity index is 1280. The summed E-state index contributed by atoms with van der Waals surface area (Å²) >= 11 is 4.88. The number of ether oxygens (including phenoxy) is 1. The first kappa shape index (κ1) is 28.8. The second kappa shape index (κ2) is 11.9. The molecule has 0 radical (unpaired) electrons. The molecule has 1 fully saturated rings. The molecule has 9 nitrogen and oxygen atoms in total. The Balaban J connectivity index is 1.24. The third-order valence-electron chi connectivity index (χ3n) is 6.45. The Kier molecular flexibility index (Phi) is 8.80. The van der Waals surface area contributed by atoms with Crippen LogP contribution in [0, 0.1) is 0 Å². The van der Waals surface area contributed by atoms with E-state index in [-0.39, 0.29) is 17.5 Å². The summed E-state index contributed by atoms with van der Waals surface area (Å²) in [6.45, 7) is 12.7. The molecule has 11 heteroatoms. The van der Waals surface area contributed by atoms with Crippen molar-refractivity contribution in [2.45, 2.75) is 52.2 Å². The van der Waals surface area contributed by atoms with Gasteiger partial charge in [0.25, 0.3) is 0 Å². The molecule has 2 N–H and O–H groups in total. The number of carbonyl (C=O) groups is 2. The lowest BCUT2D eigenvalue weighted by atomic mass is 9.82. The molecule has 0 aliphatic carbocycles. The minimum Gasteiger partial charge on any atom is -0.444 e. The first-order chi connectivity index (χ1) is 18.4. The fourth-order valence-electron chi connectivity index (χ4n) is 4.11. The van der Waals surface area contributed by atoms with Gasteiger partial charge in [0.2, 0.25) is 0 Å². The molecule has 1 aliphatic rings. The van der Waals surface area contributed by atoms with Gasteiger partial charge in [0.05, 0.1) is 5.69 Å². The summed E-state index contributed by atoms with van der Waals surface area (Å²) in [5.41, 5.74) is 2.14. The summed E-state index contributed by atoms with van der Waals surface area (Å²) in [6.07, 6.45) is 1.48. The highest BCUT2D eigenvalue weighted by Crippen LogP contribution is 2.34. The molecule has 3 amide bonds. The first-order valence-corrected chi connectivity index (χ1v) is 14.5. The minimum atomic E-state index is -0.503. The number of halogens is 1. The molecule has 0 spiro atoms. The molecule has 1 aliphatic heterocycles. The van der Waals surface area contributed by atoms with Crippen LogP contribution in [0.1, 0.15) is 51.4 Å². The number of nitrogens with zero attached hydrogens (tertiary/aromatic N) is 4. The van der Waals surface area contributed by atoms with E-state index in [1.807, 2.05) is 50.4 Å². The average molecular weight is 616 g/mol. The third kappa shape index (κ3) is 7.69. The number of urea groups is 1. The molecule has 0 bridgehead atoms. The molecule has 3 heterocycles. The molecular weight excluding hydrogens is 580 g/mol. The molecule has 4 rings (SSSR count). The molecule has 39 heavy (non-hydrogen) atoms. The Morgan fingerprint density at radius 3 is 2.33 bits per heavy atom. The van der Waals surface area contributed by atoms with Gasteiger partial charge in [-0.25, -0.2) is 19.6 Å². The van der Waals surface area contributed by atoms with Crippen molar-refractivity contribution in [3.63, 3.8) is 0 Å². The van der Waals surface area contributed by atoms with E-state index in [4.69, 9.17) is 4.74 Å². The molecule has 3 aromatic rings. The zero-order chi connectivity index (χ0) is 28.2. The summed E-state index contributed by atoms with van der Waals surface area (Å²) < 4.78 is 6.49. The van der Waals surface area contributed by atoms with Crippen LogP contribution in [0.4, 0.5) is 20.5 Å². The predicted octanol–water partition coefficient (Wildman–Crippen LogP) is 6.01. The maximum absolute atomic E-state index is 12.5. The average Bonchev–Trinajstić information content (AvgIpc) is 3.36. The van der Waals surface area contributed by atoms with E-state index < -0.39 is 5.60 Å². The van der Waals surface area contributed by atoms with Crippen LogP contribution in [0.3, 0.4) is 0 Å². The van der Waals surface area contributed by atoms with E-state index in [0.717, 1.165) is 27.1 Å². The minimum absolute atomic E-state index is 0.280. The van der Waals surface area contributed by atoms with E-state index in [1.165, 1.54) is 11.3 Å². The Morgan fingerprint density at radius 1 is 1.03 bits per heavy atom. The zero-order valence-electron chi connectivity index (χ0n) is 23.0. The molecule has 1 aromatic carbocycles. The molecule has 1 saturated heterocycles. The van der Waals surface area contributed by atoms with Crippen LogP contribution in [0.5, 0.6) is 0 Å². The summed E-state index contributed by atoms with van der Waals surface area (Å²) in [5, 5.41) is 8.23. The number of anilines is 2. The van der Waals surface area contributed by atoms with Gasteiger partial charge in [-0.05, 0) is 50.1 Å². The van der Waals surface area contributed by atoms with Gasteiger partial charge in [-0.2, -0.15) is 0 Å². The van der Waals surface area contributed by atoms with Crippen molar-refractivity contribution in [3.8, 4) is 0 Å². The largest absolute Gasteiger partial charge is 0.444 e. The number of benzene rings is 1. The standard InChI is InChI=1S/C28H35BrN6O3S/c1-27(2,3)38-26(37)35-14-12-34(13-15-35)23-11-6-19(16-30-23)17-31-24(36)33-25-32-22(18-39-25)28(4,5)20-7-9-21(29)10-8-20/h6-11,16,18H,12-15,17H2,1-5H3,(H2,31,32,33,36). The monoisotopic (exact) mass is 614 g/mol. The maximum Gasteiger partial charge on any atom is 0.410 e. The number of aromatic nitrogens is 2. The SMILES string of the molecule is CC(C)(C)OC(=O)N1CCN(c2ccc(CNC(=O)Nc3nc(C(C)(C)c4ccc(Br)cc4)cs3)cn2)CC1. The number of pyridine rings is 1. The quantitative estimate of drug-likeness (QED) is 0.353. The second-order valence-electron chi connectivity index (χ2n) is 11.0. The number of carbonyl (C=O) groups excluding carboxylic acids is 2. The molecule has 0 saturated carbocycles. The number of nitrogens with one attached hydrogen (secondary N) is 2. The van der Waals surface area contributed by atoms with Crippen LogP contribution in [-0.2, 0) is 16.7 Å². The fourth-order valence-corrected chi connectivity index (χ4v) is 5.25. The van der Waals surface area contributed by atoms with Gasteiger partial charge >= 0.3 is 12.1 Å². The summed E-state index contributed by atoms with van der Waals surface area (Å²) in [5.74, 6) is 0.843. The topological polar surface area (TPSA) is 99.7 Å². The Labute approximate surface area is 242 Å². The lowest BCUT2D eigenvalue weighted by Crippen LogP contribution is -2.50. The second-order valence-corrected chi connectivity index (χ2v) is 12.7. The number of amides is 3. The van der Waals surface area contributed by atoms with E-state index in [1.54, 1.807) is 11.1 Å². The van der Waals surface area contributed by atoms with Gasteiger partial charge in [-0.1, -0.05) is 48.0 Å². The van der Waals surface area contributed by atoms with E-state index in [0.29, 0.717) is 37.9 Å². The van der Waals surface area contributed by atoms with E-state index in [9.17, 15) is 9.59 Å². The molecule has 208 valence electrons. The highest BCUT2D eigenvalue weighted by atomic mass is 79.9. The number of piperazine rings is 1. The van der Waals surface area contributed by atoms with Crippen molar-refractivity contribution in [2.75, 3.05) is 36.4 Å². The van der Waals surface area contributed by atoms with Gasteiger partial charge in [0.1, 0.15) is 11.4 Å². The summed E-state index contributed by atoms with van der Waals surface area (Å²) in [7, 11) is 0. The summed E-state index contributed by atoms with van der Waals surface area (Å²) in [4.78, 5) is 37.9. The Hall–Kier alpha value is -3.18. The van der Waals surface area contributed by atoms with Crippen LogP contribution in [0.15, 0.2) is 52.4 Å². The van der Waals surface area contributed by atoms with Crippen LogP contribution in [-0.4, -0.2) is 58.8 Å².